The van der Waals surface area contributed by atoms with Gasteiger partial charge in [0.1, 0.15) is 0 Å². The van der Waals surface area contributed by atoms with Crippen LogP contribution in [0.5, 0.6) is 0 Å². The van der Waals surface area contributed by atoms with Gasteiger partial charge in [-0.05, 0) is 17.9 Å². The van der Waals surface area contributed by atoms with Gasteiger partial charge in [-0.3, -0.25) is 4.79 Å². The molecule has 0 bridgehead atoms. The van der Waals surface area contributed by atoms with Crippen molar-refractivity contribution in [2.75, 3.05) is 0 Å². The number of hydrogen-bond donors (Lipinski definition) is 0. The van der Waals surface area contributed by atoms with Crippen molar-refractivity contribution in [3.8, 4) is 0 Å². The zero-order valence-electron chi connectivity index (χ0n) is 7.82. The van der Waals surface area contributed by atoms with Crippen molar-refractivity contribution in [1.82, 2.24) is 0 Å². The molecule has 0 N–H and O–H groups in total. The lowest BCUT2D eigenvalue weighted by atomic mass is 10.1. The van der Waals surface area contributed by atoms with E-state index in [0.717, 1.165) is 29.6 Å². The molecule has 0 aliphatic heterocycles. The molecular formula is C11H14OS. The average molecular weight is 194 g/mol. The van der Waals surface area contributed by atoms with Crippen LogP contribution in [0.25, 0.3) is 5.57 Å². The van der Waals surface area contributed by atoms with Crippen LogP contribution in [0.4, 0.5) is 0 Å². The first-order chi connectivity index (χ1) is 6.38. The normalized spacial score (nSPS) is 11.6. The fraction of sp³-hybridized carbons (Fsp3) is 0.364. The van der Waals surface area contributed by atoms with E-state index in [1.807, 2.05) is 23.6 Å². The minimum Gasteiger partial charge on any atom is -0.298 e. The predicted octanol–water partition coefficient (Wildman–Crippen LogP) is 3.52. The summed E-state index contributed by atoms with van der Waals surface area (Å²) >= 11 is 1.61. The SMILES string of the molecule is CCCC/C=C(\C=O)c1cccs1. The number of aldehydes is 1. The summed E-state index contributed by atoms with van der Waals surface area (Å²) in [6.07, 6.45) is 6.31. The molecule has 1 aromatic rings. The van der Waals surface area contributed by atoms with Crippen LogP contribution >= 0.6 is 11.3 Å². The van der Waals surface area contributed by atoms with Crippen molar-refractivity contribution in [2.24, 2.45) is 0 Å². The second-order valence-corrected chi connectivity index (χ2v) is 3.84. The van der Waals surface area contributed by atoms with Crippen LogP contribution in [0.1, 0.15) is 31.1 Å². The third-order valence-corrected chi connectivity index (χ3v) is 2.77. The molecular weight excluding hydrogens is 180 g/mol. The highest BCUT2D eigenvalue weighted by Crippen LogP contribution is 2.19. The molecule has 0 aliphatic rings. The van der Waals surface area contributed by atoms with Crippen LogP contribution in [0.15, 0.2) is 23.6 Å². The lowest BCUT2D eigenvalue weighted by Crippen LogP contribution is -1.81. The van der Waals surface area contributed by atoms with Crippen LogP contribution in [0, 0.1) is 0 Å². The Bertz CT molecular complexity index is 272. The molecule has 1 heterocycles. The summed E-state index contributed by atoms with van der Waals surface area (Å²) in [4.78, 5) is 11.8. The number of allylic oxidation sites excluding steroid dienone is 2. The molecule has 0 radical (unpaired) electrons. The minimum atomic E-state index is 0.837. The second-order valence-electron chi connectivity index (χ2n) is 2.90. The Morgan fingerprint density at radius 2 is 2.46 bits per heavy atom. The summed E-state index contributed by atoms with van der Waals surface area (Å²) in [6.45, 7) is 2.15. The topological polar surface area (TPSA) is 17.1 Å². The molecule has 1 rings (SSSR count). The molecule has 0 saturated heterocycles. The van der Waals surface area contributed by atoms with Crippen molar-refractivity contribution in [3.05, 3.63) is 28.5 Å². The van der Waals surface area contributed by atoms with Gasteiger partial charge in [0.25, 0.3) is 0 Å². The van der Waals surface area contributed by atoms with Crippen LogP contribution in [0.3, 0.4) is 0 Å². The standard InChI is InChI=1S/C11H14OS/c1-2-3-4-6-10(9-12)11-7-5-8-13-11/h5-9H,2-4H2,1H3/b10-6+. The Labute approximate surface area is 83.1 Å². The van der Waals surface area contributed by atoms with Crippen molar-refractivity contribution in [1.29, 1.82) is 0 Å². The van der Waals surface area contributed by atoms with Crippen molar-refractivity contribution < 1.29 is 4.79 Å². The summed E-state index contributed by atoms with van der Waals surface area (Å²) in [6, 6.07) is 3.95. The number of hydrogen-bond acceptors (Lipinski definition) is 2. The van der Waals surface area contributed by atoms with Crippen molar-refractivity contribution in [3.63, 3.8) is 0 Å². The zero-order valence-corrected chi connectivity index (χ0v) is 8.64. The van der Waals surface area contributed by atoms with Gasteiger partial charge in [-0.25, -0.2) is 0 Å². The van der Waals surface area contributed by atoms with Crippen LogP contribution < -0.4 is 0 Å². The molecule has 0 spiro atoms. The highest BCUT2D eigenvalue weighted by molar-refractivity contribution is 7.11. The Balaban J connectivity index is 2.62. The van der Waals surface area contributed by atoms with Crippen molar-refractivity contribution >= 4 is 23.2 Å². The summed E-state index contributed by atoms with van der Waals surface area (Å²) in [7, 11) is 0. The number of rotatable bonds is 5. The first-order valence-electron chi connectivity index (χ1n) is 4.57. The summed E-state index contributed by atoms with van der Waals surface area (Å²) in [5, 5.41) is 1.99. The van der Waals surface area contributed by atoms with Gasteiger partial charge in [-0.2, -0.15) is 0 Å². The first kappa shape index (κ1) is 10.2. The quantitative estimate of drug-likeness (QED) is 0.398. The third-order valence-electron chi connectivity index (χ3n) is 1.85. The van der Waals surface area contributed by atoms with E-state index in [0.29, 0.717) is 0 Å². The fourth-order valence-corrected chi connectivity index (χ4v) is 1.84. The molecule has 0 aliphatic carbocycles. The lowest BCUT2D eigenvalue weighted by molar-refractivity contribution is -0.103. The van der Waals surface area contributed by atoms with Crippen molar-refractivity contribution in [2.45, 2.75) is 26.2 Å². The molecule has 1 aromatic heterocycles. The van der Waals surface area contributed by atoms with E-state index in [1.54, 1.807) is 11.3 Å². The molecule has 2 heteroatoms. The number of unbranched alkanes of at least 4 members (excludes halogenated alkanes) is 2. The summed E-state index contributed by atoms with van der Waals surface area (Å²) < 4.78 is 0. The largest absolute Gasteiger partial charge is 0.298 e. The Morgan fingerprint density at radius 1 is 1.62 bits per heavy atom. The number of carbonyl (C=O) groups excluding carboxylic acids is 1. The van der Waals surface area contributed by atoms with E-state index in [9.17, 15) is 4.79 Å². The van der Waals surface area contributed by atoms with Gasteiger partial charge in [-0.1, -0.05) is 31.9 Å². The maximum Gasteiger partial charge on any atom is 0.151 e. The first-order valence-corrected chi connectivity index (χ1v) is 5.45. The molecule has 0 atom stereocenters. The lowest BCUT2D eigenvalue weighted by Gasteiger charge is -1.94. The smallest absolute Gasteiger partial charge is 0.151 e. The van der Waals surface area contributed by atoms with E-state index in [-0.39, 0.29) is 0 Å². The van der Waals surface area contributed by atoms with Gasteiger partial charge >= 0.3 is 0 Å². The summed E-state index contributed by atoms with van der Waals surface area (Å²) in [5.41, 5.74) is 0.837. The van der Waals surface area contributed by atoms with E-state index in [4.69, 9.17) is 0 Å². The summed E-state index contributed by atoms with van der Waals surface area (Å²) in [5.74, 6) is 0. The Hall–Kier alpha value is -0.890. The van der Waals surface area contributed by atoms with E-state index < -0.39 is 0 Å². The average Bonchev–Trinajstić information content (AvgIpc) is 2.65. The molecule has 0 saturated carbocycles. The van der Waals surface area contributed by atoms with Gasteiger partial charge in [0.2, 0.25) is 0 Å². The van der Waals surface area contributed by atoms with Crippen LogP contribution in [0.2, 0.25) is 0 Å². The maximum absolute atomic E-state index is 10.7. The van der Waals surface area contributed by atoms with Gasteiger partial charge in [0, 0.05) is 10.5 Å². The number of carbonyl (C=O) groups is 1. The van der Waals surface area contributed by atoms with Gasteiger partial charge in [0.15, 0.2) is 6.29 Å². The second kappa shape index (κ2) is 5.70. The van der Waals surface area contributed by atoms with Gasteiger partial charge < -0.3 is 0 Å². The maximum atomic E-state index is 10.7. The van der Waals surface area contributed by atoms with Crippen LogP contribution in [-0.2, 0) is 4.79 Å². The van der Waals surface area contributed by atoms with Gasteiger partial charge in [0.05, 0.1) is 0 Å². The fourth-order valence-electron chi connectivity index (χ4n) is 1.11. The van der Waals surface area contributed by atoms with E-state index >= 15 is 0 Å². The highest BCUT2D eigenvalue weighted by Gasteiger charge is 1.99. The minimum absolute atomic E-state index is 0.837. The molecule has 0 aromatic carbocycles. The van der Waals surface area contributed by atoms with E-state index in [1.165, 1.54) is 6.42 Å². The number of thiophene rings is 1. The highest BCUT2D eigenvalue weighted by atomic mass is 32.1. The Kier molecular flexibility index (Phi) is 4.47. The van der Waals surface area contributed by atoms with Gasteiger partial charge in [-0.15, -0.1) is 11.3 Å². The molecule has 70 valence electrons. The zero-order chi connectivity index (χ0) is 9.52. The molecule has 0 unspecified atom stereocenters. The van der Waals surface area contributed by atoms with E-state index in [2.05, 4.69) is 6.92 Å². The molecule has 0 amide bonds. The third kappa shape index (κ3) is 3.15. The molecule has 1 nitrogen and oxygen atoms in total. The Morgan fingerprint density at radius 3 is 3.00 bits per heavy atom. The molecule has 13 heavy (non-hydrogen) atoms. The predicted molar refractivity (Wildman–Crippen MR) is 57.9 cm³/mol. The monoisotopic (exact) mass is 194 g/mol. The molecule has 0 fully saturated rings. The van der Waals surface area contributed by atoms with Crippen LogP contribution in [-0.4, -0.2) is 6.29 Å².